The van der Waals surface area contributed by atoms with Crippen molar-refractivity contribution in [1.82, 2.24) is 14.4 Å². The zero-order chi connectivity index (χ0) is 25.2. The molecule has 3 aromatic rings. The highest BCUT2D eigenvalue weighted by molar-refractivity contribution is 9.10. The molecular formula is C28H28BrN3O2S2. The van der Waals surface area contributed by atoms with Crippen LogP contribution in [0.1, 0.15) is 37.3 Å². The maximum absolute atomic E-state index is 13.2. The minimum atomic E-state index is -0.0601. The van der Waals surface area contributed by atoms with Gasteiger partial charge in [0.25, 0.3) is 5.91 Å². The van der Waals surface area contributed by atoms with Gasteiger partial charge < -0.3 is 9.47 Å². The summed E-state index contributed by atoms with van der Waals surface area (Å²) in [5.74, 6) is 0.0795. The first-order valence-corrected chi connectivity index (χ1v) is 14.3. The van der Waals surface area contributed by atoms with Gasteiger partial charge in [0.1, 0.15) is 10.9 Å². The Morgan fingerprint density at radius 1 is 1.19 bits per heavy atom. The molecule has 0 unspecified atom stereocenters. The van der Waals surface area contributed by atoms with Crippen LogP contribution in [0.3, 0.4) is 0 Å². The van der Waals surface area contributed by atoms with Crippen LogP contribution in [0.4, 0.5) is 0 Å². The van der Waals surface area contributed by atoms with Gasteiger partial charge in [0.2, 0.25) is 5.91 Å². The monoisotopic (exact) mass is 581 g/mol. The molecule has 2 aliphatic heterocycles. The predicted octanol–water partition coefficient (Wildman–Crippen LogP) is 6.25. The number of aromatic nitrogens is 1. The second-order valence-electron chi connectivity index (χ2n) is 9.37. The van der Waals surface area contributed by atoms with Crippen LogP contribution in [-0.2, 0) is 22.6 Å². The van der Waals surface area contributed by atoms with Crippen LogP contribution in [0.15, 0.2) is 64.1 Å². The Hall–Kier alpha value is -2.42. The number of hydrogen-bond acceptors (Lipinski definition) is 4. The van der Waals surface area contributed by atoms with E-state index in [1.165, 1.54) is 23.7 Å². The molecule has 2 amide bonds. The molecule has 0 N–H and O–H groups in total. The van der Waals surface area contributed by atoms with Crippen molar-refractivity contribution in [2.75, 3.05) is 13.1 Å². The van der Waals surface area contributed by atoms with E-state index >= 15 is 0 Å². The summed E-state index contributed by atoms with van der Waals surface area (Å²) in [5.41, 5.74) is 3.06. The molecule has 0 radical (unpaired) electrons. The summed E-state index contributed by atoms with van der Waals surface area (Å²) in [4.78, 5) is 30.7. The Kier molecular flexibility index (Phi) is 7.65. The van der Waals surface area contributed by atoms with Crippen molar-refractivity contribution in [1.29, 1.82) is 0 Å². The molecule has 8 heteroatoms. The molecule has 2 fully saturated rings. The van der Waals surface area contributed by atoms with Crippen molar-refractivity contribution in [2.45, 2.75) is 45.2 Å². The summed E-state index contributed by atoms with van der Waals surface area (Å²) < 4.78 is 3.54. The molecule has 0 spiro atoms. The number of benzene rings is 2. The van der Waals surface area contributed by atoms with Crippen molar-refractivity contribution in [3.8, 4) is 0 Å². The molecule has 1 aromatic heterocycles. The van der Waals surface area contributed by atoms with Crippen LogP contribution in [0.5, 0.6) is 0 Å². The summed E-state index contributed by atoms with van der Waals surface area (Å²) in [6.45, 7) is 3.80. The zero-order valence-electron chi connectivity index (χ0n) is 20.2. The van der Waals surface area contributed by atoms with Gasteiger partial charge in [0, 0.05) is 46.3 Å². The van der Waals surface area contributed by atoms with Crippen LogP contribution in [-0.4, -0.2) is 49.6 Å². The lowest BCUT2D eigenvalue weighted by Gasteiger charge is -2.33. The average molecular weight is 583 g/mol. The third-order valence-electron chi connectivity index (χ3n) is 6.93. The van der Waals surface area contributed by atoms with Gasteiger partial charge in [-0.2, -0.15) is 0 Å². The van der Waals surface area contributed by atoms with E-state index < -0.39 is 0 Å². The maximum Gasteiger partial charge on any atom is 0.266 e. The summed E-state index contributed by atoms with van der Waals surface area (Å²) in [6.07, 6.45) is 7.96. The average Bonchev–Trinajstić information content (AvgIpc) is 3.33. The molecule has 36 heavy (non-hydrogen) atoms. The summed E-state index contributed by atoms with van der Waals surface area (Å²) in [6, 6.07) is 16.4. The number of thiocarbonyl (C=S) groups is 1. The normalized spacial score (nSPS) is 19.6. The van der Waals surface area contributed by atoms with E-state index in [1.54, 1.807) is 4.90 Å². The van der Waals surface area contributed by atoms with Crippen LogP contribution < -0.4 is 0 Å². The Labute approximate surface area is 229 Å². The minimum absolute atomic E-state index is 0.0601. The zero-order valence-corrected chi connectivity index (χ0v) is 23.4. The second kappa shape index (κ2) is 10.9. The third kappa shape index (κ3) is 5.31. The van der Waals surface area contributed by atoms with Crippen LogP contribution in [0.25, 0.3) is 17.0 Å². The lowest BCUT2D eigenvalue weighted by molar-refractivity contribution is -0.135. The highest BCUT2D eigenvalue weighted by Crippen LogP contribution is 2.35. The standard InChI is InChI=1S/C28H28BrN3O2S2/c1-19-7-5-6-13-31(19)26(33)18-30-17-21(23-16-22(29)10-11-24(23)30)15-25-27(34)32(28(35)36-25)14-12-20-8-3-2-4-9-20/h2-4,8-11,15-17,19H,5-7,12-14,18H2,1H3/b25-15-/t19-/m0/s1. The molecule has 5 nitrogen and oxygen atoms in total. The SMILES string of the molecule is C[C@H]1CCCCN1C(=O)Cn1cc(/C=C2\SC(=S)N(CCc3ccccc3)C2=O)c2cc(Br)ccc21. The number of fused-ring (bicyclic) bond motifs is 1. The number of nitrogens with zero attached hydrogens (tertiary/aromatic N) is 3. The molecule has 1 atom stereocenters. The fourth-order valence-corrected chi connectivity index (χ4v) is 6.63. The quantitative estimate of drug-likeness (QED) is 0.255. The number of likely N-dealkylation sites (tertiary alicyclic amines) is 1. The topological polar surface area (TPSA) is 45.6 Å². The minimum Gasteiger partial charge on any atom is -0.338 e. The van der Waals surface area contributed by atoms with Crippen LogP contribution >= 0.6 is 39.9 Å². The van der Waals surface area contributed by atoms with Crippen molar-refractivity contribution in [3.05, 3.63) is 75.2 Å². The fraction of sp³-hybridized carbons (Fsp3) is 0.321. The Morgan fingerprint density at radius 3 is 2.78 bits per heavy atom. The van der Waals surface area contributed by atoms with E-state index in [2.05, 4.69) is 35.0 Å². The predicted molar refractivity (Wildman–Crippen MR) is 155 cm³/mol. The molecule has 0 bridgehead atoms. The van der Waals surface area contributed by atoms with E-state index in [4.69, 9.17) is 12.2 Å². The van der Waals surface area contributed by atoms with Gasteiger partial charge in [-0.1, -0.05) is 70.2 Å². The number of carbonyl (C=O) groups excluding carboxylic acids is 2. The van der Waals surface area contributed by atoms with Crippen molar-refractivity contribution >= 4 is 73.0 Å². The van der Waals surface area contributed by atoms with Gasteiger partial charge in [-0.05, 0) is 62.4 Å². The molecule has 3 heterocycles. The van der Waals surface area contributed by atoms with E-state index in [0.29, 0.717) is 15.8 Å². The molecular weight excluding hydrogens is 554 g/mol. The Balaban J connectivity index is 1.40. The molecule has 2 saturated heterocycles. The van der Waals surface area contributed by atoms with Crippen LogP contribution in [0.2, 0.25) is 0 Å². The van der Waals surface area contributed by atoms with Gasteiger partial charge in [-0.25, -0.2) is 0 Å². The Bertz CT molecular complexity index is 1350. The van der Waals surface area contributed by atoms with Crippen molar-refractivity contribution in [3.63, 3.8) is 0 Å². The van der Waals surface area contributed by atoms with Crippen LogP contribution in [0, 0.1) is 0 Å². The number of amides is 2. The molecule has 0 saturated carbocycles. The van der Waals surface area contributed by atoms with Gasteiger partial charge in [0.15, 0.2) is 0 Å². The number of carbonyl (C=O) groups is 2. The number of rotatable bonds is 6. The third-order valence-corrected chi connectivity index (χ3v) is 8.80. The summed E-state index contributed by atoms with van der Waals surface area (Å²) >= 11 is 10.5. The van der Waals surface area contributed by atoms with E-state index in [9.17, 15) is 9.59 Å². The molecule has 2 aliphatic rings. The van der Waals surface area contributed by atoms with E-state index in [0.717, 1.165) is 46.7 Å². The first-order valence-electron chi connectivity index (χ1n) is 12.3. The summed E-state index contributed by atoms with van der Waals surface area (Å²) in [7, 11) is 0. The largest absolute Gasteiger partial charge is 0.338 e. The van der Waals surface area contributed by atoms with Gasteiger partial charge in [-0.15, -0.1) is 0 Å². The number of piperidine rings is 1. The smallest absolute Gasteiger partial charge is 0.266 e. The van der Waals surface area contributed by atoms with Gasteiger partial charge >= 0.3 is 0 Å². The number of halogens is 1. The molecule has 186 valence electrons. The summed E-state index contributed by atoms with van der Waals surface area (Å²) in [5, 5.41) is 0.999. The van der Waals surface area contributed by atoms with E-state index in [1.807, 2.05) is 58.1 Å². The van der Waals surface area contributed by atoms with Crippen molar-refractivity contribution < 1.29 is 9.59 Å². The van der Waals surface area contributed by atoms with Crippen molar-refractivity contribution in [2.24, 2.45) is 0 Å². The highest BCUT2D eigenvalue weighted by atomic mass is 79.9. The molecule has 2 aromatic carbocycles. The van der Waals surface area contributed by atoms with Gasteiger partial charge in [-0.3, -0.25) is 14.5 Å². The maximum atomic E-state index is 13.2. The highest BCUT2D eigenvalue weighted by Gasteiger charge is 2.32. The van der Waals surface area contributed by atoms with Gasteiger partial charge in [0.05, 0.1) is 4.91 Å². The second-order valence-corrected chi connectivity index (χ2v) is 12.0. The Morgan fingerprint density at radius 2 is 2.00 bits per heavy atom. The number of thioether (sulfide) groups is 1. The molecule has 0 aliphatic carbocycles. The number of hydrogen-bond donors (Lipinski definition) is 0. The first-order chi connectivity index (χ1) is 17.4. The molecule has 5 rings (SSSR count). The van der Waals surface area contributed by atoms with E-state index in [-0.39, 0.29) is 24.4 Å². The lowest BCUT2D eigenvalue weighted by atomic mass is 10.0. The first kappa shape index (κ1) is 25.2. The lowest BCUT2D eigenvalue weighted by Crippen LogP contribution is -2.43. The fourth-order valence-electron chi connectivity index (χ4n) is 4.97.